The molecule has 12 heteroatoms. The summed E-state index contributed by atoms with van der Waals surface area (Å²) in [5.41, 5.74) is 18.5. The Bertz CT molecular complexity index is 2000. The molecule has 4 aliphatic carbocycles. The summed E-state index contributed by atoms with van der Waals surface area (Å²) >= 11 is 0. The van der Waals surface area contributed by atoms with Crippen LogP contribution in [0.2, 0.25) is 0 Å². The van der Waals surface area contributed by atoms with Gasteiger partial charge < -0.3 is 61.8 Å². The fraction of sp³-hybridized carbons (Fsp3) is 0.600. The van der Waals surface area contributed by atoms with Gasteiger partial charge in [-0.3, -0.25) is 0 Å². The Hall–Kier alpha value is -4.04. The maximum Gasteiger partial charge on any atom is 0.161 e. The number of ether oxygens (including phenoxy) is 1. The first kappa shape index (κ1) is 46.0. The first-order valence-corrected chi connectivity index (χ1v) is 23.5. The van der Waals surface area contributed by atoms with Gasteiger partial charge in [-0.25, -0.2) is 0 Å². The second-order valence-electron chi connectivity index (χ2n) is 18.7. The molecule has 62 heavy (non-hydrogen) atoms. The smallest absolute Gasteiger partial charge is 0.161 e. The number of phenols is 1. The molecule has 8 atom stereocenters. The molecule has 2 aromatic heterocycles. The van der Waals surface area contributed by atoms with Gasteiger partial charge in [-0.1, -0.05) is 50.0 Å². The molecule has 0 saturated heterocycles. The topological polar surface area (TPSA) is 215 Å². The number of nitrogens with one attached hydrogen (secondary N) is 3. The highest BCUT2D eigenvalue weighted by Gasteiger charge is 2.53. The van der Waals surface area contributed by atoms with E-state index < -0.39 is 12.2 Å². The van der Waals surface area contributed by atoms with Crippen LogP contribution in [-0.4, -0.2) is 75.0 Å². The van der Waals surface area contributed by atoms with E-state index in [2.05, 4.69) is 39.9 Å². The summed E-state index contributed by atoms with van der Waals surface area (Å²) in [6.07, 6.45) is 22.2. The van der Waals surface area contributed by atoms with Crippen LogP contribution in [0.25, 0.3) is 0 Å². The van der Waals surface area contributed by atoms with E-state index in [4.69, 9.17) is 20.6 Å². The average molecular weight is 856 g/mol. The zero-order valence-corrected chi connectivity index (χ0v) is 36.8. The number of unbranched alkanes of at least 4 members (excludes halogenated alkanes) is 3. The number of H-pyrrole nitrogens is 1. The first-order valence-electron chi connectivity index (χ1n) is 23.5. The van der Waals surface area contributed by atoms with E-state index in [-0.39, 0.29) is 42.4 Å². The van der Waals surface area contributed by atoms with Crippen molar-refractivity contribution in [3.8, 4) is 11.5 Å². The van der Waals surface area contributed by atoms with Gasteiger partial charge in [-0.2, -0.15) is 0 Å². The molecule has 1 fully saturated rings. The van der Waals surface area contributed by atoms with Crippen LogP contribution >= 0.6 is 0 Å². The molecule has 3 aromatic rings. The number of phenolic OH excluding ortho intramolecular Hbond substituents is 1. The second-order valence-corrected chi connectivity index (χ2v) is 18.7. The molecule has 0 amide bonds. The zero-order chi connectivity index (χ0) is 43.6. The lowest BCUT2D eigenvalue weighted by molar-refractivity contribution is 0.103. The number of aromatic nitrogens is 1. The minimum Gasteiger partial charge on any atom is -0.504 e. The van der Waals surface area contributed by atoms with Gasteiger partial charge >= 0.3 is 0 Å². The van der Waals surface area contributed by atoms with Crippen LogP contribution in [0.5, 0.6) is 11.5 Å². The zero-order valence-electron chi connectivity index (χ0n) is 36.8. The molecule has 1 aliphatic heterocycles. The van der Waals surface area contributed by atoms with Crippen molar-refractivity contribution < 1.29 is 34.7 Å². The highest BCUT2D eigenvalue weighted by molar-refractivity contribution is 5.45. The molecule has 0 radical (unpaired) electrons. The Morgan fingerprint density at radius 3 is 2.68 bits per heavy atom. The number of aliphatic hydroxyl groups excluding tert-OH is 4. The fourth-order valence-corrected chi connectivity index (χ4v) is 10.7. The lowest BCUT2D eigenvalue weighted by Gasteiger charge is -2.41. The maximum atomic E-state index is 11.4. The third-order valence-corrected chi connectivity index (χ3v) is 14.1. The predicted molar refractivity (Wildman–Crippen MR) is 243 cm³/mol. The number of allylic oxidation sites excluding steroid dienone is 4. The Morgan fingerprint density at radius 1 is 1.00 bits per heavy atom. The van der Waals surface area contributed by atoms with E-state index in [1.165, 1.54) is 29.7 Å². The molecule has 340 valence electrons. The number of nitrogens with two attached hydrogens (primary N) is 2. The van der Waals surface area contributed by atoms with Crippen molar-refractivity contribution in [1.82, 2.24) is 15.6 Å². The van der Waals surface area contributed by atoms with Crippen LogP contribution in [0.3, 0.4) is 0 Å². The lowest BCUT2D eigenvalue weighted by Crippen LogP contribution is -2.39. The Kier molecular flexibility index (Phi) is 16.0. The summed E-state index contributed by atoms with van der Waals surface area (Å²) in [5.74, 6) is 3.86. The molecule has 12 N–H and O–H groups in total. The van der Waals surface area contributed by atoms with Gasteiger partial charge in [0.1, 0.15) is 24.2 Å². The first-order chi connectivity index (χ1) is 30.0. The number of aliphatic hydroxyl groups is 4. The van der Waals surface area contributed by atoms with E-state index in [1.54, 1.807) is 13.0 Å². The molecule has 1 spiro atoms. The normalized spacial score (nSPS) is 23.5. The van der Waals surface area contributed by atoms with Gasteiger partial charge in [0.2, 0.25) is 0 Å². The Balaban J connectivity index is 0.840. The molecule has 8 unspecified atom stereocenters. The van der Waals surface area contributed by atoms with Crippen molar-refractivity contribution in [3.05, 3.63) is 106 Å². The summed E-state index contributed by atoms with van der Waals surface area (Å²) in [5, 5.41) is 59.2. The molecule has 2 bridgehead atoms. The highest BCUT2D eigenvalue weighted by Crippen LogP contribution is 2.62. The number of furan rings is 1. The van der Waals surface area contributed by atoms with E-state index in [1.807, 2.05) is 24.3 Å². The van der Waals surface area contributed by atoms with Crippen LogP contribution in [0.1, 0.15) is 148 Å². The highest BCUT2D eigenvalue weighted by atomic mass is 16.5. The van der Waals surface area contributed by atoms with Crippen LogP contribution in [0.4, 0.5) is 0 Å². The monoisotopic (exact) mass is 856 g/mol. The molecular formula is C50H73N5O7. The number of aromatic amines is 1. The van der Waals surface area contributed by atoms with Crippen molar-refractivity contribution >= 4 is 0 Å². The quantitative estimate of drug-likeness (QED) is 0.0321. The van der Waals surface area contributed by atoms with Crippen molar-refractivity contribution in [2.75, 3.05) is 26.2 Å². The molecule has 3 heterocycles. The van der Waals surface area contributed by atoms with Gasteiger partial charge in [0, 0.05) is 67.3 Å². The number of aryl methyl sites for hydroxylation is 3. The van der Waals surface area contributed by atoms with Crippen LogP contribution < -0.4 is 26.8 Å². The summed E-state index contributed by atoms with van der Waals surface area (Å²) < 4.78 is 12.3. The lowest BCUT2D eigenvalue weighted by atomic mass is 9.64. The van der Waals surface area contributed by atoms with E-state index in [0.29, 0.717) is 49.2 Å². The Labute approximate surface area is 367 Å². The fourth-order valence-electron chi connectivity index (χ4n) is 10.7. The number of aromatic hydroxyl groups is 1. The second kappa shape index (κ2) is 21.6. The summed E-state index contributed by atoms with van der Waals surface area (Å²) in [6, 6.07) is 9.50. The van der Waals surface area contributed by atoms with Crippen LogP contribution in [0, 0.1) is 11.3 Å². The third kappa shape index (κ3) is 11.6. The summed E-state index contributed by atoms with van der Waals surface area (Å²) in [7, 11) is 0. The summed E-state index contributed by atoms with van der Waals surface area (Å²) in [4.78, 5) is 3.61. The van der Waals surface area contributed by atoms with Crippen molar-refractivity contribution in [2.45, 2.75) is 152 Å². The van der Waals surface area contributed by atoms with Gasteiger partial charge in [-0.15, -0.1) is 0 Å². The number of rotatable bonds is 25. The number of benzene rings is 1. The van der Waals surface area contributed by atoms with Gasteiger partial charge in [0.25, 0.3) is 0 Å². The minimum atomic E-state index is -0.909. The van der Waals surface area contributed by atoms with Gasteiger partial charge in [0.05, 0.1) is 24.6 Å². The number of hydrogen-bond acceptors (Lipinski definition) is 11. The summed E-state index contributed by atoms with van der Waals surface area (Å²) in [6.45, 7) is 3.78. The van der Waals surface area contributed by atoms with Crippen LogP contribution in [0.15, 0.2) is 70.4 Å². The SMILES string of the molecule is CC(O)CNCC1c2cc(C(O)COc3cc(CCc4cc(CO)c(CCCCCCC(N)CCC(O)CCC5=CCNC(N)=C5)o4)ccc3O)[nH]c2C2C=CC13CCCC3C2. The average Bonchev–Trinajstić information content (AvgIpc) is 3.98. The van der Waals surface area contributed by atoms with E-state index in [9.17, 15) is 25.5 Å². The van der Waals surface area contributed by atoms with E-state index >= 15 is 0 Å². The number of hydrogen-bond donors (Lipinski definition) is 10. The van der Waals surface area contributed by atoms with Crippen molar-refractivity contribution in [1.29, 1.82) is 0 Å². The Morgan fingerprint density at radius 2 is 1.85 bits per heavy atom. The number of dihydropyridines is 1. The largest absolute Gasteiger partial charge is 0.504 e. The minimum absolute atomic E-state index is 0.0135. The maximum absolute atomic E-state index is 11.4. The molecule has 1 saturated carbocycles. The van der Waals surface area contributed by atoms with Crippen molar-refractivity contribution in [2.24, 2.45) is 22.8 Å². The molecule has 5 aliphatic rings. The molecule has 1 aromatic carbocycles. The van der Waals surface area contributed by atoms with Gasteiger partial charge in [-0.05, 0) is 130 Å². The molecule has 12 nitrogen and oxygen atoms in total. The third-order valence-electron chi connectivity index (χ3n) is 14.1. The van der Waals surface area contributed by atoms with Crippen LogP contribution in [-0.2, 0) is 25.9 Å². The standard InChI is InChI=1S/C50H73N5O7/c1-32(57)28-53-29-42-41-27-43(55-49(41)35-18-21-50(42)20-6-7-37(50)25-35)45(60)31-61-47-23-33(12-17-44(47)59)11-16-40-26-36(30-56)46(62-40)9-5-3-2-4-8-38(51)13-15-39(58)14-10-34-19-22-54-48(52)24-34/h12,17-19,21,23-24,26-27,32,35,37-39,42,45,53-60H,2-11,13-16,20,22,25,28-31,51-52H2,1H3. The van der Waals surface area contributed by atoms with E-state index in [0.717, 1.165) is 112 Å². The predicted octanol–water partition coefficient (Wildman–Crippen LogP) is 6.67. The van der Waals surface area contributed by atoms with Crippen molar-refractivity contribution in [3.63, 3.8) is 0 Å². The van der Waals surface area contributed by atoms with Gasteiger partial charge in [0.15, 0.2) is 11.5 Å². The molecule has 8 rings (SSSR count). The molecular weight excluding hydrogens is 783 g/mol.